The van der Waals surface area contributed by atoms with Crippen molar-refractivity contribution in [1.82, 2.24) is 25.7 Å². The zero-order valence-electron chi connectivity index (χ0n) is 16.9. The summed E-state index contributed by atoms with van der Waals surface area (Å²) in [6.45, 7) is 10.7. The molecule has 0 saturated carbocycles. The molecule has 1 aliphatic rings. The van der Waals surface area contributed by atoms with Crippen LogP contribution in [0.25, 0.3) is 0 Å². The van der Waals surface area contributed by atoms with Crippen LogP contribution in [0.15, 0.2) is 9.52 Å². The summed E-state index contributed by atoms with van der Waals surface area (Å²) in [6.07, 6.45) is 7.11. The maximum atomic E-state index is 5.14. The molecule has 1 aromatic rings. The van der Waals surface area contributed by atoms with Gasteiger partial charge in [0.15, 0.2) is 11.8 Å². The number of nitrogens with one attached hydrogen (secondary N) is 2. The zero-order valence-corrected chi connectivity index (χ0v) is 16.9. The van der Waals surface area contributed by atoms with Gasteiger partial charge in [0.2, 0.25) is 5.89 Å². The standard InChI is InChI=1S/C19H36N6O/c1-15(2)17(25-12-7-5-6-8-13-25)14-22-19(20-4)21-11-9-10-18-23-16(3)24-26-18/h15,17H,5-14H2,1-4H3,(H2,20,21,22). The van der Waals surface area contributed by atoms with E-state index in [2.05, 4.69) is 44.5 Å². The fourth-order valence-electron chi connectivity index (χ4n) is 3.52. The summed E-state index contributed by atoms with van der Waals surface area (Å²) >= 11 is 0. The lowest BCUT2D eigenvalue weighted by molar-refractivity contribution is 0.161. The first-order valence-corrected chi connectivity index (χ1v) is 10.1. The summed E-state index contributed by atoms with van der Waals surface area (Å²) in [5.74, 6) is 2.89. The monoisotopic (exact) mass is 364 g/mol. The van der Waals surface area contributed by atoms with Crippen LogP contribution in [0.2, 0.25) is 0 Å². The van der Waals surface area contributed by atoms with Gasteiger partial charge in [-0.3, -0.25) is 9.89 Å². The maximum absolute atomic E-state index is 5.14. The number of aromatic nitrogens is 2. The third-order valence-corrected chi connectivity index (χ3v) is 5.01. The molecule has 0 aliphatic carbocycles. The molecule has 26 heavy (non-hydrogen) atoms. The van der Waals surface area contributed by atoms with Gasteiger partial charge in [0.05, 0.1) is 0 Å². The van der Waals surface area contributed by atoms with Crippen molar-refractivity contribution in [3.63, 3.8) is 0 Å². The van der Waals surface area contributed by atoms with E-state index in [4.69, 9.17) is 4.52 Å². The summed E-state index contributed by atoms with van der Waals surface area (Å²) in [5, 5.41) is 10.7. The lowest BCUT2D eigenvalue weighted by Crippen LogP contribution is -2.49. The van der Waals surface area contributed by atoms with Crippen molar-refractivity contribution in [2.45, 2.75) is 65.3 Å². The molecule has 7 heteroatoms. The topological polar surface area (TPSA) is 78.6 Å². The number of guanidine groups is 1. The highest BCUT2D eigenvalue weighted by Gasteiger charge is 2.22. The minimum atomic E-state index is 0.549. The van der Waals surface area contributed by atoms with Crippen LogP contribution in [-0.4, -0.2) is 60.3 Å². The molecule has 2 N–H and O–H groups in total. The number of rotatable bonds is 8. The number of nitrogens with zero attached hydrogens (tertiary/aromatic N) is 4. The molecule has 0 aromatic carbocycles. The van der Waals surface area contributed by atoms with Crippen LogP contribution in [0.5, 0.6) is 0 Å². The molecule has 1 aromatic heterocycles. The van der Waals surface area contributed by atoms with Crippen LogP contribution in [0.1, 0.15) is 57.7 Å². The van der Waals surface area contributed by atoms with Crippen molar-refractivity contribution in [3.05, 3.63) is 11.7 Å². The van der Waals surface area contributed by atoms with Crippen molar-refractivity contribution in [2.75, 3.05) is 33.2 Å². The number of hydrogen-bond donors (Lipinski definition) is 2. The molecule has 148 valence electrons. The Bertz CT molecular complexity index is 534. The molecule has 0 radical (unpaired) electrons. The van der Waals surface area contributed by atoms with Crippen LogP contribution in [0.4, 0.5) is 0 Å². The smallest absolute Gasteiger partial charge is 0.226 e. The van der Waals surface area contributed by atoms with Gasteiger partial charge in [-0.05, 0) is 45.2 Å². The molecule has 1 fully saturated rings. The first kappa shape index (κ1) is 20.7. The Balaban J connectivity index is 1.72. The fourth-order valence-corrected chi connectivity index (χ4v) is 3.52. The van der Waals surface area contributed by atoms with E-state index in [9.17, 15) is 0 Å². The lowest BCUT2D eigenvalue weighted by Gasteiger charge is -2.34. The van der Waals surface area contributed by atoms with Gasteiger partial charge in [-0.2, -0.15) is 4.98 Å². The first-order chi connectivity index (χ1) is 12.6. The summed E-state index contributed by atoms with van der Waals surface area (Å²) in [6, 6.07) is 0.549. The SMILES string of the molecule is CN=C(NCCCc1nc(C)no1)NCC(C(C)C)N1CCCCCC1. The molecule has 1 saturated heterocycles. The van der Waals surface area contributed by atoms with Gasteiger partial charge in [-0.1, -0.05) is 31.8 Å². The van der Waals surface area contributed by atoms with Gasteiger partial charge in [-0.15, -0.1) is 0 Å². The Hall–Kier alpha value is -1.63. The van der Waals surface area contributed by atoms with Crippen molar-refractivity contribution in [1.29, 1.82) is 0 Å². The molecular formula is C19H36N6O. The predicted molar refractivity (Wildman–Crippen MR) is 105 cm³/mol. The fraction of sp³-hybridized carbons (Fsp3) is 0.842. The molecule has 0 bridgehead atoms. The Morgan fingerprint density at radius 1 is 1.19 bits per heavy atom. The van der Waals surface area contributed by atoms with E-state index >= 15 is 0 Å². The van der Waals surface area contributed by atoms with Crippen molar-refractivity contribution in [2.24, 2.45) is 10.9 Å². The largest absolute Gasteiger partial charge is 0.356 e. The Labute approximate surface area is 158 Å². The van der Waals surface area contributed by atoms with Crippen LogP contribution in [-0.2, 0) is 6.42 Å². The minimum Gasteiger partial charge on any atom is -0.356 e. The van der Waals surface area contributed by atoms with E-state index in [1.54, 1.807) is 0 Å². The number of likely N-dealkylation sites (tertiary alicyclic amines) is 1. The van der Waals surface area contributed by atoms with Crippen LogP contribution >= 0.6 is 0 Å². The Morgan fingerprint density at radius 3 is 2.50 bits per heavy atom. The molecule has 2 heterocycles. The molecular weight excluding hydrogens is 328 g/mol. The molecule has 2 rings (SSSR count). The van der Waals surface area contributed by atoms with Gasteiger partial charge in [-0.25, -0.2) is 0 Å². The lowest BCUT2D eigenvalue weighted by atomic mass is 10.0. The number of hydrogen-bond acceptors (Lipinski definition) is 5. The van der Waals surface area contributed by atoms with Crippen LogP contribution in [0.3, 0.4) is 0 Å². The average Bonchev–Trinajstić information content (AvgIpc) is 2.86. The highest BCUT2D eigenvalue weighted by molar-refractivity contribution is 5.79. The van der Waals surface area contributed by atoms with Gasteiger partial charge < -0.3 is 15.2 Å². The molecule has 7 nitrogen and oxygen atoms in total. The maximum Gasteiger partial charge on any atom is 0.226 e. The molecule has 1 atom stereocenters. The number of aryl methyl sites for hydroxylation is 2. The summed E-state index contributed by atoms with van der Waals surface area (Å²) < 4.78 is 5.14. The average molecular weight is 365 g/mol. The third kappa shape index (κ3) is 6.94. The molecule has 0 spiro atoms. The summed E-state index contributed by atoms with van der Waals surface area (Å²) in [7, 11) is 1.83. The highest BCUT2D eigenvalue weighted by atomic mass is 16.5. The molecule has 1 aliphatic heterocycles. The predicted octanol–water partition coefficient (Wildman–Crippen LogP) is 2.38. The van der Waals surface area contributed by atoms with Crippen molar-refractivity contribution in [3.8, 4) is 0 Å². The molecule has 1 unspecified atom stereocenters. The van der Waals surface area contributed by atoms with E-state index in [1.165, 1.54) is 38.8 Å². The second kappa shape index (κ2) is 11.2. The van der Waals surface area contributed by atoms with E-state index in [0.29, 0.717) is 23.7 Å². The second-order valence-corrected chi connectivity index (χ2v) is 7.48. The van der Waals surface area contributed by atoms with E-state index in [0.717, 1.165) is 31.9 Å². The Kier molecular flexibility index (Phi) is 8.88. The highest BCUT2D eigenvalue weighted by Crippen LogP contribution is 2.17. The zero-order chi connectivity index (χ0) is 18.8. The second-order valence-electron chi connectivity index (χ2n) is 7.48. The van der Waals surface area contributed by atoms with Crippen molar-refractivity contribution >= 4 is 5.96 Å². The summed E-state index contributed by atoms with van der Waals surface area (Å²) in [5.41, 5.74) is 0. The van der Waals surface area contributed by atoms with E-state index in [-0.39, 0.29) is 0 Å². The molecule has 0 amide bonds. The summed E-state index contributed by atoms with van der Waals surface area (Å²) in [4.78, 5) is 11.2. The quantitative estimate of drug-likeness (QED) is 0.419. The van der Waals surface area contributed by atoms with Gasteiger partial charge in [0.1, 0.15) is 0 Å². The normalized spacial score (nSPS) is 18.0. The van der Waals surface area contributed by atoms with Crippen molar-refractivity contribution < 1.29 is 4.52 Å². The van der Waals surface area contributed by atoms with Gasteiger partial charge in [0.25, 0.3) is 0 Å². The first-order valence-electron chi connectivity index (χ1n) is 10.1. The van der Waals surface area contributed by atoms with Gasteiger partial charge in [0, 0.05) is 32.6 Å². The number of aliphatic imine (C=N–C) groups is 1. The van der Waals surface area contributed by atoms with Crippen LogP contribution < -0.4 is 10.6 Å². The third-order valence-electron chi connectivity index (χ3n) is 5.01. The van der Waals surface area contributed by atoms with Crippen LogP contribution in [0, 0.1) is 12.8 Å². The minimum absolute atomic E-state index is 0.549. The van der Waals surface area contributed by atoms with E-state index in [1.807, 2.05) is 14.0 Å². The Morgan fingerprint density at radius 2 is 1.92 bits per heavy atom. The van der Waals surface area contributed by atoms with E-state index < -0.39 is 0 Å². The van der Waals surface area contributed by atoms with Gasteiger partial charge >= 0.3 is 0 Å².